The number of aromatic carboxylic acids is 1. The molecule has 0 amide bonds. The number of anilines is 1. The zero-order chi connectivity index (χ0) is 15.6. The van der Waals surface area contributed by atoms with E-state index in [2.05, 4.69) is 9.71 Å². The summed E-state index contributed by atoms with van der Waals surface area (Å²) in [5.74, 6) is -1.17. The van der Waals surface area contributed by atoms with E-state index in [1.54, 1.807) is 26.1 Å². The van der Waals surface area contributed by atoms with Crippen molar-refractivity contribution in [1.29, 1.82) is 0 Å². The minimum Gasteiger partial charge on any atom is -0.477 e. The summed E-state index contributed by atoms with van der Waals surface area (Å²) in [6.45, 7) is 3.85. The predicted octanol–water partition coefficient (Wildman–Crippen LogP) is 1.71. The second-order valence-corrected chi connectivity index (χ2v) is 6.13. The van der Waals surface area contributed by atoms with Gasteiger partial charge in [-0.05, 0) is 31.5 Å². The number of nitrogens with one attached hydrogen (secondary N) is 1. The Morgan fingerprint density at radius 1 is 1.48 bits per heavy atom. The van der Waals surface area contributed by atoms with E-state index in [-0.39, 0.29) is 10.6 Å². The summed E-state index contributed by atoms with van der Waals surface area (Å²) in [7, 11) is -3.86. The number of carboxylic acid groups (broad SMARTS) is 1. The quantitative estimate of drug-likeness (QED) is 0.875. The van der Waals surface area contributed by atoms with Gasteiger partial charge in [-0.2, -0.15) is 0 Å². The number of pyridine rings is 1. The van der Waals surface area contributed by atoms with Gasteiger partial charge in [0.05, 0.1) is 11.9 Å². The average Bonchev–Trinajstić information content (AvgIpc) is 2.86. The van der Waals surface area contributed by atoms with Crippen molar-refractivity contribution in [2.45, 2.75) is 25.3 Å². The third-order valence-corrected chi connectivity index (χ3v) is 4.36. The van der Waals surface area contributed by atoms with E-state index in [9.17, 15) is 13.2 Å². The molecule has 8 heteroatoms. The summed E-state index contributed by atoms with van der Waals surface area (Å²) in [5, 5.41) is 9.06. The maximum atomic E-state index is 12.3. The number of hydrogen-bond donors (Lipinski definition) is 2. The molecule has 0 atom stereocenters. The monoisotopic (exact) mass is 309 g/mol. The van der Waals surface area contributed by atoms with Crippen molar-refractivity contribution in [2.24, 2.45) is 0 Å². The van der Waals surface area contributed by atoms with Gasteiger partial charge in [-0.3, -0.25) is 9.71 Å². The Bertz CT molecular complexity index is 780. The average molecular weight is 309 g/mol. The van der Waals surface area contributed by atoms with Crippen molar-refractivity contribution in [3.63, 3.8) is 0 Å². The van der Waals surface area contributed by atoms with Crippen molar-refractivity contribution < 1.29 is 18.3 Å². The molecule has 0 unspecified atom stereocenters. The second-order valence-electron chi connectivity index (χ2n) is 4.45. The van der Waals surface area contributed by atoms with Crippen molar-refractivity contribution in [3.05, 3.63) is 42.0 Å². The first-order valence-corrected chi connectivity index (χ1v) is 7.70. The molecule has 0 aliphatic carbocycles. The molecule has 2 rings (SSSR count). The van der Waals surface area contributed by atoms with E-state index in [0.29, 0.717) is 12.2 Å². The minimum absolute atomic E-state index is 0.0687. The molecule has 0 bridgehead atoms. The molecule has 7 nitrogen and oxygen atoms in total. The highest BCUT2D eigenvalue weighted by Gasteiger charge is 2.21. The van der Waals surface area contributed by atoms with Crippen LogP contribution >= 0.6 is 0 Å². The van der Waals surface area contributed by atoms with E-state index < -0.39 is 16.0 Å². The third kappa shape index (κ3) is 3.05. The van der Waals surface area contributed by atoms with Gasteiger partial charge in [0.15, 0.2) is 0 Å². The van der Waals surface area contributed by atoms with E-state index in [1.165, 1.54) is 17.0 Å². The van der Waals surface area contributed by atoms with Gasteiger partial charge in [0, 0.05) is 18.9 Å². The first-order valence-electron chi connectivity index (χ1n) is 6.22. The molecule has 0 aliphatic rings. The highest BCUT2D eigenvalue weighted by molar-refractivity contribution is 7.92. The lowest BCUT2D eigenvalue weighted by atomic mass is 10.3. The topological polar surface area (TPSA) is 101 Å². The van der Waals surface area contributed by atoms with Gasteiger partial charge in [-0.1, -0.05) is 0 Å². The normalized spacial score (nSPS) is 11.3. The summed E-state index contributed by atoms with van der Waals surface area (Å²) in [4.78, 5) is 14.9. The van der Waals surface area contributed by atoms with Gasteiger partial charge in [0.25, 0.3) is 10.0 Å². The van der Waals surface area contributed by atoms with Crippen LogP contribution in [0.1, 0.15) is 23.0 Å². The van der Waals surface area contributed by atoms with Gasteiger partial charge in [-0.15, -0.1) is 0 Å². The smallest absolute Gasteiger partial charge is 0.352 e. The van der Waals surface area contributed by atoms with Crippen molar-refractivity contribution in [3.8, 4) is 0 Å². The summed E-state index contributed by atoms with van der Waals surface area (Å²) in [6.07, 6.45) is 4.27. The largest absolute Gasteiger partial charge is 0.477 e. The lowest BCUT2D eigenvalue weighted by Gasteiger charge is -2.08. The van der Waals surface area contributed by atoms with Crippen LogP contribution in [0.15, 0.2) is 35.6 Å². The Hall–Kier alpha value is -2.35. The Kier molecular flexibility index (Phi) is 3.99. The van der Waals surface area contributed by atoms with E-state index in [0.717, 1.165) is 11.6 Å². The van der Waals surface area contributed by atoms with E-state index >= 15 is 0 Å². The van der Waals surface area contributed by atoms with Gasteiger partial charge < -0.3 is 9.67 Å². The Morgan fingerprint density at radius 2 is 2.19 bits per heavy atom. The van der Waals surface area contributed by atoms with Crippen LogP contribution in [0.3, 0.4) is 0 Å². The number of aromatic nitrogens is 2. The molecular formula is C13H15N3O4S. The molecule has 0 saturated carbocycles. The molecule has 0 aliphatic heterocycles. The van der Waals surface area contributed by atoms with Crippen LogP contribution in [0, 0.1) is 6.92 Å². The van der Waals surface area contributed by atoms with E-state index in [1.807, 2.05) is 0 Å². The summed E-state index contributed by atoms with van der Waals surface area (Å²) in [6, 6.07) is 2.82. The number of nitrogens with zero attached hydrogens (tertiary/aromatic N) is 2. The van der Waals surface area contributed by atoms with Gasteiger partial charge >= 0.3 is 5.97 Å². The molecule has 2 heterocycles. The predicted molar refractivity (Wildman–Crippen MR) is 76.8 cm³/mol. The molecule has 2 aromatic heterocycles. The lowest BCUT2D eigenvalue weighted by molar-refractivity contribution is 0.0685. The van der Waals surface area contributed by atoms with Crippen LogP contribution in [0.2, 0.25) is 0 Å². The SMILES string of the molecule is CCn1cc(S(=O)(=O)Nc2cnccc2C)cc1C(=O)O. The van der Waals surface area contributed by atoms with Crippen LogP contribution in [-0.4, -0.2) is 29.0 Å². The Labute approximate surface area is 122 Å². The number of hydrogen-bond acceptors (Lipinski definition) is 4. The van der Waals surface area contributed by atoms with Crippen LogP contribution in [0.5, 0.6) is 0 Å². The number of carbonyl (C=O) groups is 1. The summed E-state index contributed by atoms with van der Waals surface area (Å²) < 4.78 is 28.4. The minimum atomic E-state index is -3.86. The lowest BCUT2D eigenvalue weighted by Crippen LogP contribution is -2.13. The summed E-state index contributed by atoms with van der Waals surface area (Å²) in [5.41, 5.74) is 1.02. The highest BCUT2D eigenvalue weighted by atomic mass is 32.2. The second kappa shape index (κ2) is 5.57. The molecule has 0 saturated heterocycles. The molecule has 112 valence electrons. The van der Waals surface area contributed by atoms with Crippen LogP contribution in [-0.2, 0) is 16.6 Å². The van der Waals surface area contributed by atoms with Crippen LogP contribution < -0.4 is 4.72 Å². The van der Waals surface area contributed by atoms with Crippen molar-refractivity contribution >= 4 is 21.7 Å². The highest BCUT2D eigenvalue weighted by Crippen LogP contribution is 2.20. The molecule has 0 spiro atoms. The first-order chi connectivity index (χ1) is 9.85. The maximum absolute atomic E-state index is 12.3. The van der Waals surface area contributed by atoms with Gasteiger partial charge in [0.1, 0.15) is 10.6 Å². The number of rotatable bonds is 5. The maximum Gasteiger partial charge on any atom is 0.352 e. The van der Waals surface area contributed by atoms with Gasteiger partial charge in [0.2, 0.25) is 0 Å². The summed E-state index contributed by atoms with van der Waals surface area (Å²) >= 11 is 0. The van der Waals surface area contributed by atoms with E-state index in [4.69, 9.17) is 5.11 Å². The third-order valence-electron chi connectivity index (χ3n) is 3.02. The van der Waals surface area contributed by atoms with Crippen molar-refractivity contribution in [1.82, 2.24) is 9.55 Å². The van der Waals surface area contributed by atoms with Crippen LogP contribution in [0.25, 0.3) is 0 Å². The zero-order valence-corrected chi connectivity index (χ0v) is 12.4. The molecule has 0 radical (unpaired) electrons. The Morgan fingerprint density at radius 3 is 2.71 bits per heavy atom. The van der Waals surface area contributed by atoms with Crippen LogP contribution in [0.4, 0.5) is 5.69 Å². The zero-order valence-electron chi connectivity index (χ0n) is 11.6. The molecule has 2 N–H and O–H groups in total. The molecule has 0 aromatic carbocycles. The first kappa shape index (κ1) is 15.0. The standard InChI is InChI=1S/C13H15N3O4S/c1-3-16-8-10(6-12(16)13(17)18)21(19,20)15-11-7-14-5-4-9(11)2/h4-8,15H,3H2,1-2H3,(H,17,18). The fourth-order valence-electron chi connectivity index (χ4n) is 1.85. The fraction of sp³-hybridized carbons (Fsp3) is 0.231. The number of sulfonamides is 1. The molecule has 21 heavy (non-hydrogen) atoms. The number of carboxylic acids is 1. The van der Waals surface area contributed by atoms with Gasteiger partial charge in [-0.25, -0.2) is 13.2 Å². The molecule has 0 fully saturated rings. The molecule has 2 aromatic rings. The molecular weight excluding hydrogens is 294 g/mol. The Balaban J connectivity index is 2.41. The number of aryl methyl sites for hydroxylation is 2. The fourth-order valence-corrected chi connectivity index (χ4v) is 3.00. The van der Waals surface area contributed by atoms with Crippen molar-refractivity contribution in [2.75, 3.05) is 4.72 Å².